The van der Waals surface area contributed by atoms with Crippen LogP contribution in [-0.2, 0) is 0 Å². The van der Waals surface area contributed by atoms with Crippen molar-refractivity contribution in [2.45, 2.75) is 12.8 Å². The van der Waals surface area contributed by atoms with Gasteiger partial charge in [-0.25, -0.2) is 0 Å². The van der Waals surface area contributed by atoms with Gasteiger partial charge >= 0.3 is 0 Å². The predicted molar refractivity (Wildman–Crippen MR) is 62.4 cm³/mol. The molecular weight excluding hydrogens is 204 g/mol. The quantitative estimate of drug-likeness (QED) is 0.516. The van der Waals surface area contributed by atoms with Crippen LogP contribution in [0.25, 0.3) is 0 Å². The van der Waals surface area contributed by atoms with Gasteiger partial charge < -0.3 is 16.2 Å². The van der Waals surface area contributed by atoms with Crippen molar-refractivity contribution >= 4 is 11.5 Å². The van der Waals surface area contributed by atoms with Crippen LogP contribution in [0, 0.1) is 5.92 Å². The number of hydrogen-bond donors (Lipinski definition) is 3. The molecule has 1 aliphatic heterocycles. The molecule has 4 nitrogen and oxygen atoms in total. The molecule has 1 saturated heterocycles. The summed E-state index contributed by atoms with van der Waals surface area (Å²) in [5, 5.41) is 12.4. The van der Waals surface area contributed by atoms with Gasteiger partial charge in [0.1, 0.15) is 5.75 Å². The summed E-state index contributed by atoms with van der Waals surface area (Å²) in [5.74, 6) is 0.256. The van der Waals surface area contributed by atoms with Crippen molar-refractivity contribution in [1.29, 1.82) is 0 Å². The molecule has 4 N–H and O–H groups in total. The molecule has 0 aliphatic carbocycles. The largest absolute Gasteiger partial charge is 0.508 e. The lowest BCUT2D eigenvalue weighted by Gasteiger charge is -2.21. The molecule has 1 aromatic carbocycles. The van der Waals surface area contributed by atoms with E-state index in [2.05, 4.69) is 5.32 Å². The van der Waals surface area contributed by atoms with Crippen LogP contribution in [0.5, 0.6) is 5.75 Å². The summed E-state index contributed by atoms with van der Waals surface area (Å²) in [5.41, 5.74) is 6.63. The molecule has 16 heavy (non-hydrogen) atoms. The highest BCUT2D eigenvalue weighted by Gasteiger charge is 2.23. The summed E-state index contributed by atoms with van der Waals surface area (Å²) in [6.07, 6.45) is 1.72. The maximum absolute atomic E-state index is 12.1. The topological polar surface area (TPSA) is 75.3 Å². The SMILES string of the molecule is Nc1cc(O)ccc1C(=O)C1CCNCC1. The van der Waals surface area contributed by atoms with E-state index >= 15 is 0 Å². The monoisotopic (exact) mass is 220 g/mol. The normalized spacial score (nSPS) is 17.2. The number of carbonyl (C=O) groups excluding carboxylic acids is 1. The molecule has 0 atom stereocenters. The van der Waals surface area contributed by atoms with Crippen molar-refractivity contribution in [3.05, 3.63) is 23.8 Å². The maximum Gasteiger partial charge on any atom is 0.168 e. The van der Waals surface area contributed by atoms with E-state index in [1.54, 1.807) is 6.07 Å². The minimum atomic E-state index is 0.0630. The Morgan fingerprint density at radius 3 is 2.69 bits per heavy atom. The lowest BCUT2D eigenvalue weighted by atomic mass is 9.89. The number of nitrogen functional groups attached to an aromatic ring is 1. The Morgan fingerprint density at radius 1 is 1.38 bits per heavy atom. The Labute approximate surface area is 94.5 Å². The number of benzene rings is 1. The van der Waals surface area contributed by atoms with E-state index < -0.39 is 0 Å². The van der Waals surface area contributed by atoms with Gasteiger partial charge in [-0.3, -0.25) is 4.79 Å². The summed E-state index contributed by atoms with van der Waals surface area (Å²) in [7, 11) is 0. The van der Waals surface area contributed by atoms with Gasteiger partial charge in [-0.05, 0) is 38.1 Å². The van der Waals surface area contributed by atoms with Crippen molar-refractivity contribution in [3.8, 4) is 5.75 Å². The molecule has 1 heterocycles. The van der Waals surface area contributed by atoms with E-state index in [0.29, 0.717) is 11.3 Å². The van der Waals surface area contributed by atoms with Crippen molar-refractivity contribution in [2.24, 2.45) is 5.92 Å². The molecule has 0 radical (unpaired) electrons. The fourth-order valence-electron chi connectivity index (χ4n) is 2.08. The number of ketones is 1. The van der Waals surface area contributed by atoms with Gasteiger partial charge in [-0.2, -0.15) is 0 Å². The van der Waals surface area contributed by atoms with Crippen LogP contribution in [0.15, 0.2) is 18.2 Å². The summed E-state index contributed by atoms with van der Waals surface area (Å²) < 4.78 is 0. The zero-order valence-electron chi connectivity index (χ0n) is 9.07. The zero-order chi connectivity index (χ0) is 11.5. The lowest BCUT2D eigenvalue weighted by Crippen LogP contribution is -2.32. The Kier molecular flexibility index (Phi) is 3.10. The molecule has 0 saturated carbocycles. The summed E-state index contributed by atoms with van der Waals surface area (Å²) >= 11 is 0. The Bertz CT molecular complexity index is 398. The van der Waals surface area contributed by atoms with E-state index in [0.717, 1.165) is 25.9 Å². The first-order valence-corrected chi connectivity index (χ1v) is 5.52. The molecule has 4 heteroatoms. The molecule has 0 unspecified atom stereocenters. The Hall–Kier alpha value is -1.55. The number of rotatable bonds is 2. The van der Waals surface area contributed by atoms with Crippen LogP contribution in [0.1, 0.15) is 23.2 Å². The number of phenols is 1. The summed E-state index contributed by atoms with van der Waals surface area (Å²) in [4.78, 5) is 12.1. The van der Waals surface area contributed by atoms with Gasteiger partial charge in [0, 0.05) is 23.2 Å². The average Bonchev–Trinajstić information content (AvgIpc) is 2.29. The van der Waals surface area contributed by atoms with Crippen molar-refractivity contribution in [3.63, 3.8) is 0 Å². The molecule has 0 bridgehead atoms. The first kappa shape index (κ1) is 11.0. The highest BCUT2D eigenvalue weighted by molar-refractivity contribution is 6.02. The van der Waals surface area contributed by atoms with Crippen molar-refractivity contribution < 1.29 is 9.90 Å². The number of piperidine rings is 1. The zero-order valence-corrected chi connectivity index (χ0v) is 9.07. The van der Waals surface area contributed by atoms with Gasteiger partial charge in [0.15, 0.2) is 5.78 Å². The molecule has 1 fully saturated rings. The van der Waals surface area contributed by atoms with Crippen molar-refractivity contribution in [1.82, 2.24) is 5.32 Å². The van der Waals surface area contributed by atoms with E-state index in [9.17, 15) is 9.90 Å². The highest BCUT2D eigenvalue weighted by Crippen LogP contribution is 2.24. The third kappa shape index (κ3) is 2.17. The van der Waals surface area contributed by atoms with Crippen LogP contribution >= 0.6 is 0 Å². The number of carbonyl (C=O) groups is 1. The van der Waals surface area contributed by atoms with Crippen LogP contribution < -0.4 is 11.1 Å². The summed E-state index contributed by atoms with van der Waals surface area (Å²) in [6.45, 7) is 1.77. The molecular formula is C12H16N2O2. The fourth-order valence-corrected chi connectivity index (χ4v) is 2.08. The molecule has 0 aromatic heterocycles. The third-order valence-electron chi connectivity index (χ3n) is 3.01. The standard InChI is InChI=1S/C12H16N2O2/c13-11-7-9(15)1-2-10(11)12(16)8-3-5-14-6-4-8/h1-2,7-8,14-15H,3-6,13H2. The molecule has 1 aliphatic rings. The van der Waals surface area contributed by atoms with E-state index in [1.165, 1.54) is 12.1 Å². The predicted octanol–water partition coefficient (Wildman–Crippen LogP) is 1.16. The number of aromatic hydroxyl groups is 1. The number of hydrogen-bond acceptors (Lipinski definition) is 4. The van der Waals surface area contributed by atoms with E-state index in [-0.39, 0.29) is 17.5 Å². The second kappa shape index (κ2) is 4.53. The maximum atomic E-state index is 12.1. The van der Waals surface area contributed by atoms with Crippen LogP contribution in [-0.4, -0.2) is 24.0 Å². The fraction of sp³-hybridized carbons (Fsp3) is 0.417. The summed E-state index contributed by atoms with van der Waals surface area (Å²) in [6, 6.07) is 4.54. The smallest absolute Gasteiger partial charge is 0.168 e. The second-order valence-electron chi connectivity index (χ2n) is 4.16. The molecule has 0 spiro atoms. The number of nitrogens with one attached hydrogen (secondary N) is 1. The van der Waals surface area contributed by atoms with Gasteiger partial charge in [0.05, 0.1) is 0 Å². The minimum Gasteiger partial charge on any atom is -0.508 e. The Balaban J connectivity index is 2.19. The van der Waals surface area contributed by atoms with Gasteiger partial charge in [0.25, 0.3) is 0 Å². The van der Waals surface area contributed by atoms with Gasteiger partial charge in [0.2, 0.25) is 0 Å². The number of nitrogens with two attached hydrogens (primary N) is 1. The third-order valence-corrected chi connectivity index (χ3v) is 3.01. The molecule has 86 valence electrons. The number of anilines is 1. The first-order chi connectivity index (χ1) is 7.68. The lowest BCUT2D eigenvalue weighted by molar-refractivity contribution is 0.0896. The van der Waals surface area contributed by atoms with E-state index in [1.807, 2.05) is 0 Å². The molecule has 0 amide bonds. The first-order valence-electron chi connectivity index (χ1n) is 5.52. The van der Waals surface area contributed by atoms with Gasteiger partial charge in [-0.15, -0.1) is 0 Å². The molecule has 1 aromatic rings. The van der Waals surface area contributed by atoms with E-state index in [4.69, 9.17) is 5.73 Å². The highest BCUT2D eigenvalue weighted by atomic mass is 16.3. The minimum absolute atomic E-state index is 0.0630. The van der Waals surface area contributed by atoms with Crippen LogP contribution in [0.4, 0.5) is 5.69 Å². The average molecular weight is 220 g/mol. The Morgan fingerprint density at radius 2 is 2.06 bits per heavy atom. The second-order valence-corrected chi connectivity index (χ2v) is 4.16. The van der Waals surface area contributed by atoms with Crippen LogP contribution in [0.2, 0.25) is 0 Å². The van der Waals surface area contributed by atoms with Gasteiger partial charge in [-0.1, -0.05) is 0 Å². The van der Waals surface area contributed by atoms with Crippen LogP contribution in [0.3, 0.4) is 0 Å². The van der Waals surface area contributed by atoms with Crippen molar-refractivity contribution in [2.75, 3.05) is 18.8 Å². The number of phenolic OH excluding ortho intramolecular Hbond substituents is 1. The number of Topliss-reactive ketones (excluding diaryl/α,β-unsaturated/α-hetero) is 1. The molecule has 2 rings (SSSR count).